The first-order chi connectivity index (χ1) is 5.29. The third-order valence-corrected chi connectivity index (χ3v) is 1.08. The summed E-state index contributed by atoms with van der Waals surface area (Å²) in [4.78, 5) is 11.8. The maximum atomic E-state index is 10.4. The lowest BCUT2D eigenvalue weighted by Gasteiger charge is -1.98. The van der Waals surface area contributed by atoms with Crippen LogP contribution in [0, 0.1) is 0 Å². The van der Waals surface area contributed by atoms with Crippen LogP contribution in [0.1, 0.15) is 6.92 Å². The fraction of sp³-hybridized carbons (Fsp3) is 0.600. The number of tetrazole rings is 1. The summed E-state index contributed by atoms with van der Waals surface area (Å²) >= 11 is 0. The van der Waals surface area contributed by atoms with Crippen LogP contribution in [0.25, 0.3) is 0 Å². The summed E-state index contributed by atoms with van der Waals surface area (Å²) in [5.41, 5.74) is 0. The van der Waals surface area contributed by atoms with E-state index in [4.69, 9.17) is 0 Å². The Balaban J connectivity index is 2.19. The number of nitrogens with one attached hydrogen (secondary N) is 1. The number of hydrogen-bond donors (Lipinski definition) is 1. The molecular weight excluding hydrogens is 146 g/mol. The first-order valence-electron chi connectivity index (χ1n) is 3.24. The van der Waals surface area contributed by atoms with Crippen molar-refractivity contribution in [2.24, 2.45) is 0 Å². The van der Waals surface area contributed by atoms with Crippen molar-refractivity contribution >= 4 is 5.91 Å². The maximum absolute atomic E-state index is 10.4. The number of rotatable bonds is 3. The number of aromatic nitrogens is 4. The topological polar surface area (TPSA) is 72.7 Å². The molecule has 0 fully saturated rings. The highest BCUT2D eigenvalue weighted by Gasteiger charge is 1.92. The van der Waals surface area contributed by atoms with Gasteiger partial charge in [-0.25, -0.2) is 0 Å². The van der Waals surface area contributed by atoms with Gasteiger partial charge in [0.15, 0.2) is 6.33 Å². The Labute approximate surface area is 63.6 Å². The molecule has 60 valence electrons. The fourth-order valence-corrected chi connectivity index (χ4v) is 0.623. The molecular formula is C5H9N5O. The molecule has 1 aromatic rings. The molecule has 1 rings (SSSR count). The summed E-state index contributed by atoms with van der Waals surface area (Å²) < 4.78 is 0. The molecule has 1 aromatic heterocycles. The van der Waals surface area contributed by atoms with Crippen LogP contribution in [-0.4, -0.2) is 32.7 Å². The summed E-state index contributed by atoms with van der Waals surface area (Å²) in [6.07, 6.45) is 1.35. The smallest absolute Gasteiger partial charge is 0.216 e. The monoisotopic (exact) mass is 155 g/mol. The van der Waals surface area contributed by atoms with Crippen LogP contribution in [0.2, 0.25) is 0 Å². The van der Waals surface area contributed by atoms with E-state index in [9.17, 15) is 4.79 Å². The van der Waals surface area contributed by atoms with Crippen LogP contribution in [0.3, 0.4) is 0 Å². The van der Waals surface area contributed by atoms with Crippen LogP contribution in [0.4, 0.5) is 0 Å². The standard InChI is InChI=1S/C5H9N5O/c1-5(11)6-2-3-10-8-4-7-9-10/h4H,2-3H2,1H3,(H,6,11). The van der Waals surface area contributed by atoms with Gasteiger partial charge in [-0.15, -0.1) is 10.2 Å². The summed E-state index contributed by atoms with van der Waals surface area (Å²) in [6.45, 7) is 2.56. The maximum Gasteiger partial charge on any atom is 0.216 e. The number of carbonyl (C=O) groups excluding carboxylic acids is 1. The van der Waals surface area contributed by atoms with Crippen LogP contribution in [0.5, 0.6) is 0 Å². The summed E-state index contributed by atoms with van der Waals surface area (Å²) in [5.74, 6) is -0.0508. The molecule has 1 N–H and O–H groups in total. The molecule has 0 aromatic carbocycles. The molecule has 1 amide bonds. The molecule has 11 heavy (non-hydrogen) atoms. The summed E-state index contributed by atoms with van der Waals surface area (Å²) in [7, 11) is 0. The van der Waals surface area contributed by atoms with E-state index in [0.29, 0.717) is 13.1 Å². The fourth-order valence-electron chi connectivity index (χ4n) is 0.623. The normalized spacial score (nSPS) is 9.55. The van der Waals surface area contributed by atoms with Crippen LogP contribution in [-0.2, 0) is 11.3 Å². The Kier molecular flexibility index (Phi) is 2.53. The zero-order chi connectivity index (χ0) is 8.10. The third-order valence-electron chi connectivity index (χ3n) is 1.08. The first kappa shape index (κ1) is 7.64. The number of nitrogens with zero attached hydrogens (tertiary/aromatic N) is 4. The molecule has 0 radical (unpaired) electrons. The van der Waals surface area contributed by atoms with Gasteiger partial charge in [-0.05, 0) is 5.21 Å². The van der Waals surface area contributed by atoms with Crippen molar-refractivity contribution in [3.05, 3.63) is 6.33 Å². The van der Waals surface area contributed by atoms with Gasteiger partial charge in [0.2, 0.25) is 5.91 Å². The van der Waals surface area contributed by atoms with Gasteiger partial charge in [0.05, 0.1) is 6.54 Å². The van der Waals surface area contributed by atoms with Crippen molar-refractivity contribution in [2.75, 3.05) is 6.54 Å². The Morgan fingerprint density at radius 3 is 3.09 bits per heavy atom. The molecule has 0 aliphatic heterocycles. The second-order valence-electron chi connectivity index (χ2n) is 2.01. The lowest BCUT2D eigenvalue weighted by molar-refractivity contribution is -0.119. The van der Waals surface area contributed by atoms with Gasteiger partial charge in [0.25, 0.3) is 0 Å². The number of amides is 1. The molecule has 1 heterocycles. The quantitative estimate of drug-likeness (QED) is 0.595. The van der Waals surface area contributed by atoms with E-state index in [1.54, 1.807) is 0 Å². The Bertz CT molecular complexity index is 219. The lowest BCUT2D eigenvalue weighted by atomic mass is 10.6. The highest BCUT2D eigenvalue weighted by Crippen LogP contribution is 1.72. The Morgan fingerprint density at radius 1 is 1.73 bits per heavy atom. The van der Waals surface area contributed by atoms with E-state index in [-0.39, 0.29) is 5.91 Å². The van der Waals surface area contributed by atoms with E-state index < -0.39 is 0 Å². The lowest BCUT2D eigenvalue weighted by Crippen LogP contribution is -2.25. The zero-order valence-corrected chi connectivity index (χ0v) is 6.19. The predicted octanol–water partition coefficient (Wildman–Crippen LogP) is -1.19. The Hall–Kier alpha value is -1.46. The van der Waals surface area contributed by atoms with Gasteiger partial charge in [0.1, 0.15) is 0 Å². The second-order valence-corrected chi connectivity index (χ2v) is 2.01. The Morgan fingerprint density at radius 2 is 2.55 bits per heavy atom. The molecule has 6 heteroatoms. The molecule has 0 bridgehead atoms. The predicted molar refractivity (Wildman–Crippen MR) is 36.5 cm³/mol. The second kappa shape index (κ2) is 3.65. The molecule has 6 nitrogen and oxygen atoms in total. The van der Waals surface area contributed by atoms with Gasteiger partial charge in [-0.2, -0.15) is 4.80 Å². The minimum absolute atomic E-state index is 0.0508. The molecule has 0 saturated heterocycles. The SMILES string of the molecule is CC(=O)NCCn1ncnn1. The molecule has 0 saturated carbocycles. The number of hydrogen-bond acceptors (Lipinski definition) is 4. The van der Waals surface area contributed by atoms with Gasteiger partial charge < -0.3 is 5.32 Å². The van der Waals surface area contributed by atoms with Gasteiger partial charge >= 0.3 is 0 Å². The van der Waals surface area contributed by atoms with E-state index >= 15 is 0 Å². The van der Waals surface area contributed by atoms with Crippen molar-refractivity contribution in [2.45, 2.75) is 13.5 Å². The van der Waals surface area contributed by atoms with Crippen LogP contribution in [0.15, 0.2) is 6.33 Å². The molecule has 0 atom stereocenters. The van der Waals surface area contributed by atoms with Gasteiger partial charge in [-0.1, -0.05) is 0 Å². The highest BCUT2D eigenvalue weighted by molar-refractivity contribution is 5.72. The van der Waals surface area contributed by atoms with Crippen molar-refractivity contribution in [3.8, 4) is 0 Å². The molecule has 0 spiro atoms. The van der Waals surface area contributed by atoms with Gasteiger partial charge in [0, 0.05) is 13.5 Å². The molecule has 0 unspecified atom stereocenters. The van der Waals surface area contributed by atoms with Crippen molar-refractivity contribution in [3.63, 3.8) is 0 Å². The van der Waals surface area contributed by atoms with E-state index in [0.717, 1.165) is 0 Å². The average Bonchev–Trinajstić information content (AvgIpc) is 2.39. The van der Waals surface area contributed by atoms with Gasteiger partial charge in [-0.3, -0.25) is 4.79 Å². The minimum atomic E-state index is -0.0508. The highest BCUT2D eigenvalue weighted by atomic mass is 16.1. The summed E-state index contributed by atoms with van der Waals surface area (Å²) in [6, 6.07) is 0. The minimum Gasteiger partial charge on any atom is -0.354 e. The molecule has 0 aliphatic rings. The molecule has 0 aliphatic carbocycles. The largest absolute Gasteiger partial charge is 0.354 e. The van der Waals surface area contributed by atoms with E-state index in [2.05, 4.69) is 20.7 Å². The van der Waals surface area contributed by atoms with Crippen molar-refractivity contribution in [1.29, 1.82) is 0 Å². The van der Waals surface area contributed by atoms with E-state index in [1.165, 1.54) is 18.0 Å². The first-order valence-corrected chi connectivity index (χ1v) is 3.24. The van der Waals surface area contributed by atoms with Crippen molar-refractivity contribution < 1.29 is 4.79 Å². The average molecular weight is 155 g/mol. The number of carbonyl (C=O) groups is 1. The van der Waals surface area contributed by atoms with Crippen LogP contribution >= 0.6 is 0 Å². The van der Waals surface area contributed by atoms with Crippen LogP contribution < -0.4 is 5.32 Å². The summed E-state index contributed by atoms with van der Waals surface area (Å²) in [5, 5.41) is 13.5. The van der Waals surface area contributed by atoms with Crippen molar-refractivity contribution in [1.82, 2.24) is 25.5 Å². The zero-order valence-electron chi connectivity index (χ0n) is 6.19. The van der Waals surface area contributed by atoms with E-state index in [1.807, 2.05) is 0 Å². The third kappa shape index (κ3) is 2.74.